The van der Waals surface area contributed by atoms with Crippen LogP contribution >= 0.6 is 0 Å². The van der Waals surface area contributed by atoms with Crippen molar-refractivity contribution in [1.29, 1.82) is 0 Å². The number of ether oxygens (including phenoxy) is 1. The molecule has 0 bridgehead atoms. The van der Waals surface area contributed by atoms with E-state index in [9.17, 15) is 9.59 Å². The van der Waals surface area contributed by atoms with E-state index in [1.54, 1.807) is 31.4 Å². The number of hydrogen-bond acceptors (Lipinski definition) is 4. The maximum atomic E-state index is 11.3. The second kappa shape index (κ2) is 5.75. The number of carbonyl (C=O) groups is 2. The SMILES string of the molecule is COc1ccc(CC(=O)NOC(C)=O)cc1. The molecule has 1 amide bonds. The highest BCUT2D eigenvalue weighted by atomic mass is 16.7. The number of rotatable bonds is 3. The number of carbonyl (C=O) groups excluding carboxylic acids is 2. The minimum atomic E-state index is -0.553. The first-order valence-electron chi connectivity index (χ1n) is 4.71. The lowest BCUT2D eigenvalue weighted by molar-refractivity contribution is -0.155. The molecular formula is C11H13NO4. The van der Waals surface area contributed by atoms with Crippen LogP contribution in [0.5, 0.6) is 5.75 Å². The van der Waals surface area contributed by atoms with Crippen molar-refractivity contribution in [3.05, 3.63) is 29.8 Å². The fourth-order valence-electron chi connectivity index (χ4n) is 1.09. The first kappa shape index (κ1) is 12.0. The maximum Gasteiger partial charge on any atom is 0.329 e. The van der Waals surface area contributed by atoms with Gasteiger partial charge in [-0.1, -0.05) is 12.1 Å². The Morgan fingerprint density at radius 2 is 1.88 bits per heavy atom. The van der Waals surface area contributed by atoms with Crippen molar-refractivity contribution in [3.8, 4) is 5.75 Å². The number of amides is 1. The second-order valence-electron chi connectivity index (χ2n) is 3.14. The van der Waals surface area contributed by atoms with Gasteiger partial charge in [0, 0.05) is 6.92 Å². The third kappa shape index (κ3) is 4.00. The van der Waals surface area contributed by atoms with Crippen LogP contribution in [0, 0.1) is 0 Å². The van der Waals surface area contributed by atoms with Crippen molar-refractivity contribution in [2.24, 2.45) is 0 Å². The van der Waals surface area contributed by atoms with Gasteiger partial charge in [-0.25, -0.2) is 0 Å². The van der Waals surface area contributed by atoms with E-state index >= 15 is 0 Å². The molecule has 0 saturated carbocycles. The van der Waals surface area contributed by atoms with Gasteiger partial charge in [0.15, 0.2) is 0 Å². The minimum absolute atomic E-state index is 0.150. The Kier molecular flexibility index (Phi) is 4.32. The molecule has 5 nitrogen and oxygen atoms in total. The Balaban J connectivity index is 2.46. The monoisotopic (exact) mass is 223 g/mol. The zero-order chi connectivity index (χ0) is 12.0. The van der Waals surface area contributed by atoms with Gasteiger partial charge in [-0.3, -0.25) is 9.59 Å². The molecule has 1 N–H and O–H groups in total. The van der Waals surface area contributed by atoms with E-state index < -0.39 is 5.97 Å². The van der Waals surface area contributed by atoms with Gasteiger partial charge in [0.2, 0.25) is 0 Å². The van der Waals surface area contributed by atoms with E-state index in [4.69, 9.17) is 4.74 Å². The quantitative estimate of drug-likeness (QED) is 0.771. The van der Waals surface area contributed by atoms with E-state index in [0.29, 0.717) is 0 Å². The average molecular weight is 223 g/mol. The molecule has 16 heavy (non-hydrogen) atoms. The van der Waals surface area contributed by atoms with Crippen molar-refractivity contribution >= 4 is 11.9 Å². The van der Waals surface area contributed by atoms with Gasteiger partial charge in [0.25, 0.3) is 5.91 Å². The Bertz CT molecular complexity index is 372. The van der Waals surface area contributed by atoms with Crippen molar-refractivity contribution in [3.63, 3.8) is 0 Å². The van der Waals surface area contributed by atoms with Gasteiger partial charge in [-0.05, 0) is 17.7 Å². The van der Waals surface area contributed by atoms with Crippen LogP contribution in [-0.2, 0) is 20.8 Å². The molecule has 0 radical (unpaired) electrons. The normalized spacial score (nSPS) is 9.38. The summed E-state index contributed by atoms with van der Waals surface area (Å²) in [5.41, 5.74) is 2.85. The van der Waals surface area contributed by atoms with E-state index in [1.165, 1.54) is 6.92 Å². The summed E-state index contributed by atoms with van der Waals surface area (Å²) >= 11 is 0. The van der Waals surface area contributed by atoms with Crippen molar-refractivity contribution in [1.82, 2.24) is 5.48 Å². The highest BCUT2D eigenvalue weighted by molar-refractivity contribution is 5.79. The van der Waals surface area contributed by atoms with E-state index in [2.05, 4.69) is 4.84 Å². The lowest BCUT2D eigenvalue weighted by Crippen LogP contribution is -2.27. The molecule has 0 heterocycles. The van der Waals surface area contributed by atoms with Gasteiger partial charge >= 0.3 is 5.97 Å². The molecule has 0 atom stereocenters. The van der Waals surface area contributed by atoms with Crippen LogP contribution < -0.4 is 10.2 Å². The molecule has 0 unspecified atom stereocenters. The number of methoxy groups -OCH3 is 1. The Hall–Kier alpha value is -2.04. The smallest absolute Gasteiger partial charge is 0.329 e. The summed E-state index contributed by atoms with van der Waals surface area (Å²) < 4.78 is 4.98. The molecule has 1 rings (SSSR count). The first-order valence-corrected chi connectivity index (χ1v) is 4.71. The molecule has 0 aliphatic rings. The van der Waals surface area contributed by atoms with Gasteiger partial charge in [-0.15, -0.1) is 0 Å². The summed E-state index contributed by atoms with van der Waals surface area (Å²) in [6.45, 7) is 1.22. The highest BCUT2D eigenvalue weighted by Gasteiger charge is 2.04. The standard InChI is InChI=1S/C11H13NO4/c1-8(13)16-12-11(14)7-9-3-5-10(15-2)6-4-9/h3-6H,7H2,1-2H3,(H,12,14). The molecule has 5 heteroatoms. The Labute approximate surface area is 93.3 Å². The van der Waals surface area contributed by atoms with Crippen molar-refractivity contribution < 1.29 is 19.2 Å². The number of benzene rings is 1. The molecule has 1 aromatic rings. The van der Waals surface area contributed by atoms with E-state index in [-0.39, 0.29) is 12.3 Å². The summed E-state index contributed by atoms with van der Waals surface area (Å²) in [4.78, 5) is 26.0. The van der Waals surface area contributed by atoms with Gasteiger partial charge in [0.05, 0.1) is 13.5 Å². The zero-order valence-corrected chi connectivity index (χ0v) is 9.15. The third-order valence-electron chi connectivity index (χ3n) is 1.83. The molecule has 0 spiro atoms. The molecule has 0 saturated heterocycles. The lowest BCUT2D eigenvalue weighted by Gasteiger charge is -2.04. The Morgan fingerprint density at radius 3 is 2.38 bits per heavy atom. The van der Waals surface area contributed by atoms with Crippen molar-refractivity contribution in [2.75, 3.05) is 7.11 Å². The summed E-state index contributed by atoms with van der Waals surface area (Å²) in [7, 11) is 1.57. The molecule has 0 fully saturated rings. The van der Waals surface area contributed by atoms with Crippen LogP contribution in [0.1, 0.15) is 12.5 Å². The predicted molar refractivity (Wildman–Crippen MR) is 56.6 cm³/mol. The van der Waals surface area contributed by atoms with Crippen LogP contribution in [-0.4, -0.2) is 19.0 Å². The number of hydrogen-bond donors (Lipinski definition) is 1. The highest BCUT2D eigenvalue weighted by Crippen LogP contribution is 2.11. The molecular weight excluding hydrogens is 210 g/mol. The third-order valence-corrected chi connectivity index (χ3v) is 1.83. The van der Waals surface area contributed by atoms with E-state index in [1.807, 2.05) is 5.48 Å². The fourth-order valence-corrected chi connectivity index (χ4v) is 1.09. The van der Waals surface area contributed by atoms with Gasteiger partial charge < -0.3 is 9.57 Å². The summed E-state index contributed by atoms with van der Waals surface area (Å²) in [6.07, 6.45) is 0.150. The number of hydroxylamine groups is 1. The molecule has 0 aromatic heterocycles. The van der Waals surface area contributed by atoms with Crippen LogP contribution in [0.3, 0.4) is 0 Å². The first-order chi connectivity index (χ1) is 7.61. The summed E-state index contributed by atoms with van der Waals surface area (Å²) in [5, 5.41) is 0. The molecule has 1 aromatic carbocycles. The fraction of sp³-hybridized carbons (Fsp3) is 0.273. The minimum Gasteiger partial charge on any atom is -0.497 e. The maximum absolute atomic E-state index is 11.3. The summed E-state index contributed by atoms with van der Waals surface area (Å²) in [5.74, 6) is -0.201. The van der Waals surface area contributed by atoms with Crippen molar-refractivity contribution in [2.45, 2.75) is 13.3 Å². The largest absolute Gasteiger partial charge is 0.497 e. The lowest BCUT2D eigenvalue weighted by atomic mass is 10.1. The van der Waals surface area contributed by atoms with Crippen LogP contribution in [0.2, 0.25) is 0 Å². The molecule has 0 aliphatic heterocycles. The topological polar surface area (TPSA) is 64.6 Å². The molecule has 0 aliphatic carbocycles. The van der Waals surface area contributed by atoms with Crippen LogP contribution in [0.4, 0.5) is 0 Å². The van der Waals surface area contributed by atoms with Crippen LogP contribution in [0.15, 0.2) is 24.3 Å². The van der Waals surface area contributed by atoms with Gasteiger partial charge in [-0.2, -0.15) is 5.48 Å². The number of nitrogens with one attached hydrogen (secondary N) is 1. The molecule has 86 valence electrons. The average Bonchev–Trinajstić information content (AvgIpc) is 2.27. The van der Waals surface area contributed by atoms with Crippen LogP contribution in [0.25, 0.3) is 0 Å². The predicted octanol–water partition coefficient (Wildman–Crippen LogP) is 0.832. The van der Waals surface area contributed by atoms with Gasteiger partial charge in [0.1, 0.15) is 5.75 Å². The zero-order valence-electron chi connectivity index (χ0n) is 9.15. The Morgan fingerprint density at radius 1 is 1.25 bits per heavy atom. The second-order valence-corrected chi connectivity index (χ2v) is 3.14. The van der Waals surface area contributed by atoms with E-state index in [0.717, 1.165) is 11.3 Å². The summed E-state index contributed by atoms with van der Waals surface area (Å²) in [6, 6.07) is 7.06.